The predicted molar refractivity (Wildman–Crippen MR) is 101 cm³/mol. The zero-order valence-corrected chi connectivity index (χ0v) is 14.5. The summed E-state index contributed by atoms with van der Waals surface area (Å²) in [5, 5.41) is 11.4. The summed E-state index contributed by atoms with van der Waals surface area (Å²) in [6.45, 7) is 4.09. The molecule has 122 valence electrons. The number of carbonyl (C=O) groups excluding carboxylic acids is 1. The molecule has 0 radical (unpaired) electrons. The van der Waals surface area contributed by atoms with Crippen LogP contribution in [-0.2, 0) is 11.2 Å². The molecule has 1 amide bonds. The second-order valence-corrected chi connectivity index (χ2v) is 7.04. The van der Waals surface area contributed by atoms with Crippen molar-refractivity contribution >= 4 is 29.1 Å². The third-order valence-corrected chi connectivity index (χ3v) is 4.82. The Morgan fingerprint density at radius 1 is 1.04 bits per heavy atom. The van der Waals surface area contributed by atoms with Crippen LogP contribution in [0.3, 0.4) is 0 Å². The Labute approximate surface area is 146 Å². The van der Waals surface area contributed by atoms with Crippen LogP contribution in [0.15, 0.2) is 58.7 Å². The Balaban J connectivity index is 1.61. The maximum absolute atomic E-state index is 12.1. The number of benzene rings is 2. The first-order valence-electron chi connectivity index (χ1n) is 7.81. The van der Waals surface area contributed by atoms with Crippen LogP contribution in [0.25, 0.3) is 0 Å². The topological polar surface area (TPSA) is 53.8 Å². The van der Waals surface area contributed by atoms with E-state index in [1.165, 1.54) is 22.9 Å². The van der Waals surface area contributed by atoms with Crippen molar-refractivity contribution in [1.82, 2.24) is 5.32 Å². The average molecular weight is 337 g/mol. The Kier molecular flexibility index (Phi) is 5.11. The fourth-order valence-electron chi connectivity index (χ4n) is 2.33. The quantitative estimate of drug-likeness (QED) is 0.686. The molecule has 0 saturated carbocycles. The van der Waals surface area contributed by atoms with E-state index in [0.717, 1.165) is 11.1 Å². The fourth-order valence-corrected chi connectivity index (χ4v) is 3.29. The van der Waals surface area contributed by atoms with Crippen LogP contribution in [0.1, 0.15) is 22.3 Å². The minimum atomic E-state index is -0.152. The molecule has 1 unspecified atom stereocenters. The number of thioether (sulfide) groups is 1. The summed E-state index contributed by atoms with van der Waals surface area (Å²) in [5.41, 5.74) is 4.55. The zero-order valence-electron chi connectivity index (χ0n) is 13.7. The number of aryl methyl sites for hydroxylation is 2. The van der Waals surface area contributed by atoms with Crippen molar-refractivity contribution in [2.75, 3.05) is 0 Å². The monoisotopic (exact) mass is 337 g/mol. The first-order valence-corrected chi connectivity index (χ1v) is 8.69. The number of hydrogen-bond donors (Lipinski definition) is 1. The largest absolute Gasteiger partial charge is 0.303 e. The van der Waals surface area contributed by atoms with E-state index in [1.54, 1.807) is 6.21 Å². The van der Waals surface area contributed by atoms with Crippen LogP contribution in [0, 0.1) is 13.8 Å². The molecule has 1 aliphatic rings. The lowest BCUT2D eigenvalue weighted by Crippen LogP contribution is -2.25. The second-order valence-electron chi connectivity index (χ2n) is 5.85. The van der Waals surface area contributed by atoms with Crippen LogP contribution in [0.5, 0.6) is 0 Å². The van der Waals surface area contributed by atoms with Crippen molar-refractivity contribution in [3.63, 3.8) is 0 Å². The van der Waals surface area contributed by atoms with Gasteiger partial charge in [-0.2, -0.15) is 5.10 Å². The number of amidine groups is 1. The smallest absolute Gasteiger partial charge is 0.239 e. The van der Waals surface area contributed by atoms with Crippen LogP contribution in [-0.4, -0.2) is 22.5 Å². The van der Waals surface area contributed by atoms with Gasteiger partial charge in [0.2, 0.25) is 5.91 Å². The van der Waals surface area contributed by atoms with E-state index in [2.05, 4.69) is 46.7 Å². The molecule has 0 bridgehead atoms. The summed E-state index contributed by atoms with van der Waals surface area (Å²) in [5.74, 6) is -0.00939. The van der Waals surface area contributed by atoms with Crippen LogP contribution < -0.4 is 5.32 Å². The van der Waals surface area contributed by atoms with Gasteiger partial charge in [0.25, 0.3) is 0 Å². The number of rotatable bonds is 4. The van der Waals surface area contributed by atoms with E-state index in [4.69, 9.17) is 0 Å². The van der Waals surface area contributed by atoms with Gasteiger partial charge in [-0.15, -0.1) is 5.10 Å². The fraction of sp³-hybridized carbons (Fsp3) is 0.211. The Morgan fingerprint density at radius 3 is 2.33 bits per heavy atom. The van der Waals surface area contributed by atoms with Crippen molar-refractivity contribution in [3.8, 4) is 0 Å². The minimum Gasteiger partial charge on any atom is -0.303 e. The zero-order chi connectivity index (χ0) is 16.9. The Morgan fingerprint density at radius 2 is 1.67 bits per heavy atom. The molecule has 0 spiro atoms. The van der Waals surface area contributed by atoms with Crippen molar-refractivity contribution in [2.24, 2.45) is 10.2 Å². The predicted octanol–water partition coefficient (Wildman–Crippen LogP) is 3.47. The van der Waals surface area contributed by atoms with E-state index in [9.17, 15) is 4.79 Å². The lowest BCUT2D eigenvalue weighted by molar-refractivity contribution is -0.118. The van der Waals surface area contributed by atoms with Gasteiger partial charge in [0.05, 0.1) is 11.5 Å². The highest BCUT2D eigenvalue weighted by Gasteiger charge is 2.30. The maximum atomic E-state index is 12.1. The highest BCUT2D eigenvalue weighted by molar-refractivity contribution is 8.15. The third-order valence-electron chi connectivity index (χ3n) is 3.75. The molecular weight excluding hydrogens is 318 g/mol. The van der Waals surface area contributed by atoms with Gasteiger partial charge in [-0.3, -0.25) is 4.79 Å². The SMILES string of the molecule is Cc1ccc(/C=N/N=C2\NC(=O)C(Cc3ccc(C)cc3)S2)cc1. The van der Waals surface area contributed by atoms with Crippen molar-refractivity contribution in [1.29, 1.82) is 0 Å². The van der Waals surface area contributed by atoms with Crippen LogP contribution in [0.2, 0.25) is 0 Å². The number of nitrogens with zero attached hydrogens (tertiary/aromatic N) is 2. The lowest BCUT2D eigenvalue weighted by atomic mass is 10.1. The van der Waals surface area contributed by atoms with Gasteiger partial charge in [0, 0.05) is 0 Å². The van der Waals surface area contributed by atoms with Crippen LogP contribution >= 0.6 is 11.8 Å². The average Bonchev–Trinajstić information content (AvgIpc) is 2.91. The molecule has 0 aromatic heterocycles. The summed E-state index contributed by atoms with van der Waals surface area (Å²) < 4.78 is 0. The molecule has 4 nitrogen and oxygen atoms in total. The highest BCUT2D eigenvalue weighted by Crippen LogP contribution is 2.23. The van der Waals surface area contributed by atoms with Gasteiger partial charge in [-0.1, -0.05) is 71.4 Å². The highest BCUT2D eigenvalue weighted by atomic mass is 32.2. The van der Waals surface area contributed by atoms with E-state index < -0.39 is 0 Å². The van der Waals surface area contributed by atoms with Gasteiger partial charge in [0.15, 0.2) is 5.17 Å². The number of carbonyl (C=O) groups is 1. The summed E-state index contributed by atoms with van der Waals surface area (Å²) in [6.07, 6.45) is 2.38. The number of amides is 1. The van der Waals surface area contributed by atoms with Crippen molar-refractivity contribution in [2.45, 2.75) is 25.5 Å². The molecule has 3 rings (SSSR count). The molecular formula is C19H19N3OS. The second kappa shape index (κ2) is 7.45. The van der Waals surface area contributed by atoms with Gasteiger partial charge in [-0.05, 0) is 31.4 Å². The molecule has 1 heterocycles. The summed E-state index contributed by atoms with van der Waals surface area (Å²) in [4.78, 5) is 12.1. The summed E-state index contributed by atoms with van der Waals surface area (Å²) in [6, 6.07) is 16.3. The molecule has 1 N–H and O–H groups in total. The van der Waals surface area contributed by atoms with E-state index in [1.807, 2.05) is 31.2 Å². The molecule has 2 aromatic rings. The van der Waals surface area contributed by atoms with Gasteiger partial charge in [-0.25, -0.2) is 0 Å². The van der Waals surface area contributed by atoms with Crippen molar-refractivity contribution < 1.29 is 4.79 Å². The van der Waals surface area contributed by atoms with Gasteiger partial charge < -0.3 is 5.32 Å². The number of nitrogens with one attached hydrogen (secondary N) is 1. The standard InChI is InChI=1S/C19H19N3OS/c1-13-3-7-15(8-4-13)11-17-18(23)21-19(24-17)22-20-12-16-9-5-14(2)6-10-16/h3-10,12,17H,11H2,1-2H3,(H,21,22,23)/b20-12+. The molecule has 24 heavy (non-hydrogen) atoms. The molecule has 2 aromatic carbocycles. The maximum Gasteiger partial charge on any atom is 0.239 e. The molecule has 1 atom stereocenters. The van der Waals surface area contributed by atoms with Gasteiger partial charge >= 0.3 is 0 Å². The van der Waals surface area contributed by atoms with Crippen LogP contribution in [0.4, 0.5) is 0 Å². The van der Waals surface area contributed by atoms with E-state index in [-0.39, 0.29) is 11.2 Å². The summed E-state index contributed by atoms with van der Waals surface area (Å²) in [7, 11) is 0. The minimum absolute atomic E-state index is 0.00939. The van der Waals surface area contributed by atoms with E-state index >= 15 is 0 Å². The Bertz CT molecular complexity index is 779. The Hall–Kier alpha value is -2.40. The van der Waals surface area contributed by atoms with E-state index in [0.29, 0.717) is 11.6 Å². The first-order chi connectivity index (χ1) is 11.6. The molecule has 0 aliphatic carbocycles. The first kappa shape index (κ1) is 16.5. The third kappa shape index (κ3) is 4.32. The normalized spacial score (nSPS) is 19.2. The summed E-state index contributed by atoms with van der Waals surface area (Å²) >= 11 is 1.43. The number of hydrogen-bond acceptors (Lipinski definition) is 4. The molecule has 5 heteroatoms. The molecule has 1 aliphatic heterocycles. The molecule has 1 saturated heterocycles. The van der Waals surface area contributed by atoms with Crippen molar-refractivity contribution in [3.05, 3.63) is 70.8 Å². The van der Waals surface area contributed by atoms with Gasteiger partial charge in [0.1, 0.15) is 0 Å². The lowest BCUT2D eigenvalue weighted by Gasteiger charge is -2.05. The molecule has 1 fully saturated rings.